The van der Waals surface area contributed by atoms with E-state index in [-0.39, 0.29) is 12.0 Å². The summed E-state index contributed by atoms with van der Waals surface area (Å²) in [6, 6.07) is 15.1. The van der Waals surface area contributed by atoms with E-state index >= 15 is 0 Å². The summed E-state index contributed by atoms with van der Waals surface area (Å²) in [5, 5.41) is 9.41. The lowest BCUT2D eigenvalue weighted by molar-refractivity contribution is 0.0858. The fraction of sp³-hybridized carbons (Fsp3) is 0.217. The number of carbonyl (C=O) groups is 1. The second kappa shape index (κ2) is 9.29. The largest absolute Gasteiger partial charge is 0.376 e. The Morgan fingerprint density at radius 1 is 1.09 bits per heavy atom. The van der Waals surface area contributed by atoms with E-state index in [1.165, 1.54) is 0 Å². The number of hydrogen-bond acceptors (Lipinski definition) is 8. The van der Waals surface area contributed by atoms with Crippen LogP contribution in [0.15, 0.2) is 60.2 Å². The van der Waals surface area contributed by atoms with Gasteiger partial charge in [0.05, 0.1) is 21.8 Å². The van der Waals surface area contributed by atoms with E-state index in [1.807, 2.05) is 35.8 Å². The van der Waals surface area contributed by atoms with Gasteiger partial charge in [-0.25, -0.2) is 9.97 Å². The highest BCUT2D eigenvalue weighted by molar-refractivity contribution is 7.16. The Balaban J connectivity index is 1.24. The number of benzene rings is 2. The zero-order valence-corrected chi connectivity index (χ0v) is 18.1. The Hall–Kier alpha value is -3.56. The molecule has 0 unspecified atom stereocenters. The van der Waals surface area contributed by atoms with Crippen molar-refractivity contribution in [1.29, 1.82) is 0 Å². The maximum atomic E-state index is 12.5. The Morgan fingerprint density at radius 2 is 2.03 bits per heavy atom. The fourth-order valence-electron chi connectivity index (χ4n) is 3.55. The highest BCUT2D eigenvalue weighted by atomic mass is 32.1. The first-order valence-electron chi connectivity index (χ1n) is 10.4. The second-order valence-electron chi connectivity index (χ2n) is 7.48. The van der Waals surface area contributed by atoms with Crippen LogP contribution in [0, 0.1) is 0 Å². The number of aromatic nitrogens is 3. The van der Waals surface area contributed by atoms with Crippen molar-refractivity contribution in [3.05, 3.63) is 65.8 Å². The topological polar surface area (TPSA) is 101 Å². The number of nitrogens with one attached hydrogen (secondary N) is 3. The lowest BCUT2D eigenvalue weighted by Crippen LogP contribution is -2.31. The molecule has 0 bridgehead atoms. The van der Waals surface area contributed by atoms with E-state index in [0.717, 1.165) is 41.0 Å². The van der Waals surface area contributed by atoms with Gasteiger partial charge in [0.1, 0.15) is 5.82 Å². The first kappa shape index (κ1) is 20.3. The summed E-state index contributed by atoms with van der Waals surface area (Å²) in [5.41, 5.74) is 5.04. The molecule has 162 valence electrons. The first-order valence-corrected chi connectivity index (χ1v) is 11.3. The molecule has 1 aliphatic heterocycles. The molecule has 3 heterocycles. The van der Waals surface area contributed by atoms with Crippen molar-refractivity contribution in [3.63, 3.8) is 0 Å². The molecule has 4 aromatic rings. The van der Waals surface area contributed by atoms with Gasteiger partial charge >= 0.3 is 0 Å². The summed E-state index contributed by atoms with van der Waals surface area (Å²) in [6.07, 6.45) is 3.83. The molecule has 1 aliphatic rings. The molecule has 1 atom stereocenters. The van der Waals surface area contributed by atoms with Gasteiger partial charge < -0.3 is 20.7 Å². The Morgan fingerprint density at radius 3 is 2.94 bits per heavy atom. The molecule has 5 rings (SSSR count). The van der Waals surface area contributed by atoms with Crippen LogP contribution in [0.1, 0.15) is 23.2 Å². The van der Waals surface area contributed by atoms with Crippen LogP contribution in [0.2, 0.25) is 0 Å². The summed E-state index contributed by atoms with van der Waals surface area (Å²) < 4.78 is 6.67. The van der Waals surface area contributed by atoms with Crippen molar-refractivity contribution < 1.29 is 9.53 Å². The monoisotopic (exact) mass is 446 g/mol. The first-order chi connectivity index (χ1) is 15.7. The number of nitrogens with zero attached hydrogens (tertiary/aromatic N) is 3. The van der Waals surface area contributed by atoms with Gasteiger partial charge in [-0.05, 0) is 55.3 Å². The van der Waals surface area contributed by atoms with E-state index < -0.39 is 0 Å². The number of hydrogen-bond donors (Lipinski definition) is 3. The van der Waals surface area contributed by atoms with E-state index in [9.17, 15) is 4.79 Å². The predicted molar refractivity (Wildman–Crippen MR) is 126 cm³/mol. The number of fused-ring (bicyclic) bond motifs is 1. The van der Waals surface area contributed by atoms with E-state index in [4.69, 9.17) is 4.74 Å². The third-order valence-electron chi connectivity index (χ3n) is 5.15. The predicted octanol–water partition coefficient (Wildman–Crippen LogP) is 4.48. The number of carbonyl (C=O) groups excluding carboxylic acids is 1. The van der Waals surface area contributed by atoms with Crippen LogP contribution in [0.3, 0.4) is 0 Å². The van der Waals surface area contributed by atoms with Gasteiger partial charge in [-0.2, -0.15) is 4.98 Å². The van der Waals surface area contributed by atoms with E-state index in [1.54, 1.807) is 35.7 Å². The molecule has 9 heteroatoms. The van der Waals surface area contributed by atoms with Crippen molar-refractivity contribution in [2.75, 3.05) is 23.8 Å². The molecule has 3 N–H and O–H groups in total. The third kappa shape index (κ3) is 4.84. The minimum Gasteiger partial charge on any atom is -0.376 e. The van der Waals surface area contributed by atoms with Crippen LogP contribution in [0.5, 0.6) is 0 Å². The summed E-state index contributed by atoms with van der Waals surface area (Å²) in [5.74, 6) is 0.974. The molecule has 8 nitrogen and oxygen atoms in total. The molecule has 2 aromatic carbocycles. The Bertz CT molecular complexity index is 1240. The van der Waals surface area contributed by atoms with Crippen LogP contribution < -0.4 is 16.0 Å². The van der Waals surface area contributed by atoms with Crippen LogP contribution in [0.25, 0.3) is 10.2 Å². The van der Waals surface area contributed by atoms with E-state index in [2.05, 4.69) is 30.9 Å². The van der Waals surface area contributed by atoms with Gasteiger partial charge in [0, 0.05) is 36.3 Å². The summed E-state index contributed by atoms with van der Waals surface area (Å²) in [6.45, 7) is 1.30. The summed E-state index contributed by atoms with van der Waals surface area (Å²) in [4.78, 5) is 25.6. The standard InChI is InChI=1S/C23H22N6O2S/c30-22(25-13-18-5-2-10-31-18)15-3-1-4-16(11-15)28-23-24-9-8-21(29-23)27-17-6-7-19-20(12-17)32-14-26-19/h1,3-4,6-9,11-12,14,18H,2,5,10,13H2,(H,25,30)(H2,24,27,28,29)/t18-/m0/s1. The zero-order chi connectivity index (χ0) is 21.8. The number of rotatable bonds is 7. The molecule has 0 saturated carbocycles. The molecule has 1 fully saturated rings. The highest BCUT2D eigenvalue weighted by Crippen LogP contribution is 2.24. The third-order valence-corrected chi connectivity index (χ3v) is 5.95. The Kier molecular flexibility index (Phi) is 5.91. The van der Waals surface area contributed by atoms with Crippen molar-refractivity contribution in [2.45, 2.75) is 18.9 Å². The zero-order valence-electron chi connectivity index (χ0n) is 17.2. The minimum atomic E-state index is -0.126. The molecular formula is C23H22N6O2S. The number of anilines is 4. The SMILES string of the molecule is O=C(NC[C@@H]1CCCO1)c1cccc(Nc2nccc(Nc3ccc4ncsc4c3)n2)c1. The van der Waals surface area contributed by atoms with Gasteiger partial charge in [-0.3, -0.25) is 4.79 Å². The van der Waals surface area contributed by atoms with Crippen LogP contribution >= 0.6 is 11.3 Å². The number of thiazole rings is 1. The van der Waals surface area contributed by atoms with Crippen molar-refractivity contribution >= 4 is 50.6 Å². The molecule has 1 saturated heterocycles. The van der Waals surface area contributed by atoms with Gasteiger partial charge in [0.15, 0.2) is 0 Å². The lowest BCUT2D eigenvalue weighted by Gasteiger charge is -2.12. The molecule has 1 amide bonds. The van der Waals surface area contributed by atoms with Crippen molar-refractivity contribution in [2.24, 2.45) is 0 Å². The van der Waals surface area contributed by atoms with Crippen LogP contribution in [-0.2, 0) is 4.74 Å². The summed E-state index contributed by atoms with van der Waals surface area (Å²) >= 11 is 1.60. The number of ether oxygens (including phenoxy) is 1. The average molecular weight is 447 g/mol. The quantitative estimate of drug-likeness (QED) is 0.385. The lowest BCUT2D eigenvalue weighted by atomic mass is 10.1. The highest BCUT2D eigenvalue weighted by Gasteiger charge is 2.16. The fourth-order valence-corrected chi connectivity index (χ4v) is 4.27. The molecule has 32 heavy (non-hydrogen) atoms. The van der Waals surface area contributed by atoms with Gasteiger partial charge in [0.25, 0.3) is 5.91 Å². The molecule has 0 radical (unpaired) electrons. The minimum absolute atomic E-state index is 0.112. The molecule has 0 aliphatic carbocycles. The second-order valence-corrected chi connectivity index (χ2v) is 8.36. The average Bonchev–Trinajstić information content (AvgIpc) is 3.49. The number of amides is 1. The maximum Gasteiger partial charge on any atom is 0.251 e. The van der Waals surface area contributed by atoms with Crippen LogP contribution in [0.4, 0.5) is 23.1 Å². The smallest absolute Gasteiger partial charge is 0.251 e. The van der Waals surface area contributed by atoms with Gasteiger partial charge in [0.2, 0.25) is 5.95 Å². The molecule has 2 aromatic heterocycles. The maximum absolute atomic E-state index is 12.5. The Labute approximate surface area is 189 Å². The van der Waals surface area contributed by atoms with Crippen LogP contribution in [-0.4, -0.2) is 40.1 Å². The van der Waals surface area contributed by atoms with E-state index in [0.29, 0.717) is 23.9 Å². The van der Waals surface area contributed by atoms with Crippen molar-refractivity contribution in [3.8, 4) is 0 Å². The van der Waals surface area contributed by atoms with Gasteiger partial charge in [-0.15, -0.1) is 11.3 Å². The van der Waals surface area contributed by atoms with Crippen molar-refractivity contribution in [1.82, 2.24) is 20.3 Å². The molecular weight excluding hydrogens is 424 g/mol. The van der Waals surface area contributed by atoms with Gasteiger partial charge in [-0.1, -0.05) is 6.07 Å². The molecule has 0 spiro atoms. The summed E-state index contributed by atoms with van der Waals surface area (Å²) in [7, 11) is 0. The normalized spacial score (nSPS) is 15.6.